The summed E-state index contributed by atoms with van der Waals surface area (Å²) in [4.78, 5) is 16.1. The van der Waals surface area contributed by atoms with Gasteiger partial charge in [-0.25, -0.2) is 9.97 Å². The number of benzene rings is 1. The Hall–Kier alpha value is -2.36. The summed E-state index contributed by atoms with van der Waals surface area (Å²) >= 11 is 0. The van der Waals surface area contributed by atoms with Crippen molar-refractivity contribution in [2.24, 2.45) is 10.9 Å². The molecule has 1 aliphatic rings. The summed E-state index contributed by atoms with van der Waals surface area (Å²) in [6, 6.07) is 12.6. The zero-order chi connectivity index (χ0) is 22.3. The van der Waals surface area contributed by atoms with Gasteiger partial charge in [0.2, 0.25) is 0 Å². The van der Waals surface area contributed by atoms with Crippen LogP contribution in [0.4, 0.5) is 5.82 Å². The van der Waals surface area contributed by atoms with Crippen molar-refractivity contribution < 1.29 is 0 Å². The van der Waals surface area contributed by atoms with Gasteiger partial charge in [0.25, 0.3) is 0 Å². The first-order chi connectivity index (χ1) is 15.6. The number of nitrogens with one attached hydrogen (secondary N) is 2. The first-order valence-corrected chi connectivity index (χ1v) is 11.7. The van der Waals surface area contributed by atoms with Gasteiger partial charge in [0, 0.05) is 46.0 Å². The number of aliphatic imine (C=N–C) groups is 1. The zero-order valence-electron chi connectivity index (χ0n) is 19.9. The van der Waals surface area contributed by atoms with Crippen LogP contribution in [0, 0.1) is 12.8 Å². The minimum atomic E-state index is 0. The molecule has 0 amide bonds. The number of pyridine rings is 1. The number of guanidine groups is 1. The standard InChI is InChI=1S/C25H35N7.HI/c1-19-11-15-31(16-12-19)24-10-9-21(17-28-24)18-29-25(26-3)27-13-6-14-32-20(2)30-22-7-4-5-8-23(22)32;/h4-5,7-10,17,19H,6,11-16,18H2,1-3H3,(H2,26,27,29);1H. The van der Waals surface area contributed by atoms with Crippen molar-refractivity contribution in [2.75, 3.05) is 31.6 Å². The number of rotatable bonds is 7. The van der Waals surface area contributed by atoms with Crippen molar-refractivity contribution in [3.63, 3.8) is 0 Å². The van der Waals surface area contributed by atoms with Crippen LogP contribution < -0.4 is 15.5 Å². The van der Waals surface area contributed by atoms with Crippen LogP contribution in [-0.4, -0.2) is 47.2 Å². The van der Waals surface area contributed by atoms with Crippen LogP contribution in [0.5, 0.6) is 0 Å². The molecule has 2 N–H and O–H groups in total. The minimum absolute atomic E-state index is 0. The van der Waals surface area contributed by atoms with Crippen molar-refractivity contribution in [1.29, 1.82) is 0 Å². The van der Waals surface area contributed by atoms with E-state index < -0.39 is 0 Å². The Morgan fingerprint density at radius 2 is 1.91 bits per heavy atom. The molecule has 0 saturated carbocycles. The van der Waals surface area contributed by atoms with Crippen LogP contribution in [0.25, 0.3) is 11.0 Å². The highest BCUT2D eigenvalue weighted by atomic mass is 127. The van der Waals surface area contributed by atoms with Gasteiger partial charge in [0.15, 0.2) is 5.96 Å². The van der Waals surface area contributed by atoms with E-state index in [-0.39, 0.29) is 24.0 Å². The van der Waals surface area contributed by atoms with Crippen LogP contribution in [0.1, 0.15) is 37.6 Å². The molecule has 4 rings (SSSR count). The highest BCUT2D eigenvalue weighted by Crippen LogP contribution is 2.21. The van der Waals surface area contributed by atoms with Crippen LogP contribution in [-0.2, 0) is 13.1 Å². The second-order valence-electron chi connectivity index (χ2n) is 8.70. The molecule has 33 heavy (non-hydrogen) atoms. The van der Waals surface area contributed by atoms with Crippen molar-refractivity contribution in [2.45, 2.75) is 46.2 Å². The molecule has 178 valence electrons. The number of aromatic nitrogens is 3. The van der Waals surface area contributed by atoms with Gasteiger partial charge in [-0.05, 0) is 55.9 Å². The number of halogens is 1. The van der Waals surface area contributed by atoms with Gasteiger partial charge < -0.3 is 20.1 Å². The second kappa shape index (κ2) is 12.2. The summed E-state index contributed by atoms with van der Waals surface area (Å²) in [5, 5.41) is 6.80. The molecule has 1 saturated heterocycles. The molecule has 0 atom stereocenters. The largest absolute Gasteiger partial charge is 0.357 e. The van der Waals surface area contributed by atoms with Gasteiger partial charge in [-0.1, -0.05) is 25.1 Å². The van der Waals surface area contributed by atoms with Crippen molar-refractivity contribution in [1.82, 2.24) is 25.2 Å². The highest BCUT2D eigenvalue weighted by molar-refractivity contribution is 14.0. The fraction of sp³-hybridized carbons (Fsp3) is 0.480. The molecule has 3 heterocycles. The molecule has 7 nitrogen and oxygen atoms in total. The van der Waals surface area contributed by atoms with E-state index in [4.69, 9.17) is 0 Å². The Balaban J connectivity index is 0.00000306. The third-order valence-electron chi connectivity index (χ3n) is 6.30. The first kappa shape index (κ1) is 25.3. The maximum Gasteiger partial charge on any atom is 0.191 e. The molecule has 0 radical (unpaired) electrons. The summed E-state index contributed by atoms with van der Waals surface area (Å²) in [5.41, 5.74) is 3.41. The summed E-state index contributed by atoms with van der Waals surface area (Å²) < 4.78 is 2.28. The van der Waals surface area contributed by atoms with E-state index in [0.717, 1.165) is 67.2 Å². The number of para-hydroxylation sites is 2. The second-order valence-corrected chi connectivity index (χ2v) is 8.70. The van der Waals surface area contributed by atoms with Gasteiger partial charge in [-0.2, -0.15) is 0 Å². The molecule has 0 aliphatic carbocycles. The predicted octanol–water partition coefficient (Wildman–Crippen LogP) is 4.35. The Labute approximate surface area is 214 Å². The van der Waals surface area contributed by atoms with Crippen LogP contribution in [0.15, 0.2) is 47.6 Å². The molecule has 0 unspecified atom stereocenters. The van der Waals surface area contributed by atoms with E-state index in [1.165, 1.54) is 18.4 Å². The van der Waals surface area contributed by atoms with E-state index in [1.807, 2.05) is 19.3 Å². The van der Waals surface area contributed by atoms with Crippen LogP contribution in [0.2, 0.25) is 0 Å². The molecule has 2 aromatic heterocycles. The van der Waals surface area contributed by atoms with E-state index in [1.54, 1.807) is 0 Å². The maximum atomic E-state index is 4.69. The smallest absolute Gasteiger partial charge is 0.191 e. The monoisotopic (exact) mass is 561 g/mol. The predicted molar refractivity (Wildman–Crippen MR) is 148 cm³/mol. The highest BCUT2D eigenvalue weighted by Gasteiger charge is 2.16. The van der Waals surface area contributed by atoms with E-state index in [2.05, 4.69) is 79.2 Å². The molecule has 0 spiro atoms. The third kappa shape index (κ3) is 6.59. The molecule has 1 aliphatic heterocycles. The van der Waals surface area contributed by atoms with Crippen LogP contribution in [0.3, 0.4) is 0 Å². The fourth-order valence-electron chi connectivity index (χ4n) is 4.27. The van der Waals surface area contributed by atoms with Crippen molar-refractivity contribution >= 4 is 46.8 Å². The quantitative estimate of drug-likeness (QED) is 0.194. The molecule has 1 fully saturated rings. The first-order valence-electron chi connectivity index (χ1n) is 11.7. The van der Waals surface area contributed by atoms with Gasteiger partial charge in [0.1, 0.15) is 11.6 Å². The average molecular weight is 562 g/mol. The van der Waals surface area contributed by atoms with Gasteiger partial charge >= 0.3 is 0 Å². The molecule has 1 aromatic carbocycles. The molecule has 3 aromatic rings. The number of aryl methyl sites for hydroxylation is 2. The zero-order valence-corrected chi connectivity index (χ0v) is 22.3. The summed E-state index contributed by atoms with van der Waals surface area (Å²) in [6.07, 6.45) is 5.47. The number of piperidine rings is 1. The number of imidazole rings is 1. The van der Waals surface area contributed by atoms with Gasteiger partial charge in [-0.3, -0.25) is 4.99 Å². The molecule has 0 bridgehead atoms. The summed E-state index contributed by atoms with van der Waals surface area (Å²) in [6.45, 7) is 9.09. The average Bonchev–Trinajstić information content (AvgIpc) is 3.14. The van der Waals surface area contributed by atoms with Gasteiger partial charge in [-0.15, -0.1) is 24.0 Å². The third-order valence-corrected chi connectivity index (χ3v) is 6.30. The number of nitrogens with zero attached hydrogens (tertiary/aromatic N) is 5. The molecular formula is C25H36IN7. The summed E-state index contributed by atoms with van der Waals surface area (Å²) in [7, 11) is 1.81. The normalized spacial score (nSPS) is 14.9. The lowest BCUT2D eigenvalue weighted by atomic mass is 9.99. The van der Waals surface area contributed by atoms with Gasteiger partial charge in [0.05, 0.1) is 11.0 Å². The SMILES string of the molecule is CN=C(NCCCn1c(C)nc2ccccc21)NCc1ccc(N2CCC(C)CC2)nc1.I. The number of anilines is 1. The Kier molecular flexibility index (Phi) is 9.34. The number of hydrogen-bond donors (Lipinski definition) is 2. The van der Waals surface area contributed by atoms with Crippen molar-refractivity contribution in [3.8, 4) is 0 Å². The Morgan fingerprint density at radius 3 is 2.64 bits per heavy atom. The molecule has 8 heteroatoms. The lowest BCUT2D eigenvalue weighted by molar-refractivity contribution is 0.436. The van der Waals surface area contributed by atoms with E-state index in [9.17, 15) is 0 Å². The Bertz CT molecular complexity index is 1040. The molecular weight excluding hydrogens is 525 g/mol. The maximum absolute atomic E-state index is 4.69. The lowest BCUT2D eigenvalue weighted by Gasteiger charge is -2.31. The van der Waals surface area contributed by atoms with E-state index >= 15 is 0 Å². The van der Waals surface area contributed by atoms with Crippen LogP contribution >= 0.6 is 24.0 Å². The van der Waals surface area contributed by atoms with E-state index in [0.29, 0.717) is 6.54 Å². The fourth-order valence-corrected chi connectivity index (χ4v) is 4.27. The van der Waals surface area contributed by atoms with Crippen molar-refractivity contribution in [3.05, 3.63) is 54.0 Å². The minimum Gasteiger partial charge on any atom is -0.357 e. The number of fused-ring (bicyclic) bond motifs is 1. The number of hydrogen-bond acceptors (Lipinski definition) is 4. The lowest BCUT2D eigenvalue weighted by Crippen LogP contribution is -2.37. The Morgan fingerprint density at radius 1 is 1.12 bits per heavy atom. The summed E-state index contributed by atoms with van der Waals surface area (Å²) in [5.74, 6) is 3.79. The topological polar surface area (TPSA) is 70.4 Å².